The van der Waals surface area contributed by atoms with E-state index in [1.807, 2.05) is 30.3 Å². The number of carbonyl (C=O) groups is 1. The number of nitrogens with one attached hydrogen (secondary N) is 1. The highest BCUT2D eigenvalue weighted by molar-refractivity contribution is 9.10. The van der Waals surface area contributed by atoms with Crippen LogP contribution in [0.3, 0.4) is 0 Å². The van der Waals surface area contributed by atoms with Gasteiger partial charge in [0.25, 0.3) is 5.91 Å². The molecule has 2 aromatic heterocycles. The van der Waals surface area contributed by atoms with Crippen molar-refractivity contribution in [2.24, 2.45) is 0 Å². The number of furan rings is 1. The summed E-state index contributed by atoms with van der Waals surface area (Å²) in [4.78, 5) is 12.5. The number of amides is 1. The third-order valence-corrected chi connectivity index (χ3v) is 5.49. The Kier molecular flexibility index (Phi) is 6.65. The number of carbonyl (C=O) groups excluding carboxylic acids is 1. The van der Waals surface area contributed by atoms with Crippen LogP contribution in [-0.4, -0.2) is 15.7 Å². The Hall–Kier alpha value is -2.74. The lowest BCUT2D eigenvalue weighted by Crippen LogP contribution is -2.10. The molecule has 6 nitrogen and oxygen atoms in total. The largest absolute Gasteiger partial charge is 0.484 e. The lowest BCUT2D eigenvalue weighted by molar-refractivity contribution is 0.0992. The first-order chi connectivity index (χ1) is 15.0. The molecule has 1 N–H and O–H groups in total. The molecule has 0 aliphatic carbocycles. The number of hydrogen-bond donors (Lipinski definition) is 1. The van der Waals surface area contributed by atoms with Crippen molar-refractivity contribution in [2.75, 3.05) is 5.32 Å². The SMILES string of the molecule is O=C(Nc1cnn(Cc2ccccc2Cl)c1)c1ccc(COc2ccc(Br)cc2Cl)o1. The molecule has 0 fully saturated rings. The van der Waals surface area contributed by atoms with Crippen LogP contribution in [0.25, 0.3) is 0 Å². The Morgan fingerprint density at radius 1 is 1.13 bits per heavy atom. The Bertz CT molecular complexity index is 1220. The molecule has 158 valence electrons. The Morgan fingerprint density at radius 2 is 1.97 bits per heavy atom. The van der Waals surface area contributed by atoms with Crippen molar-refractivity contribution in [3.63, 3.8) is 0 Å². The van der Waals surface area contributed by atoms with Crippen molar-refractivity contribution in [1.29, 1.82) is 0 Å². The van der Waals surface area contributed by atoms with E-state index < -0.39 is 0 Å². The van der Waals surface area contributed by atoms with Gasteiger partial charge in [0.05, 0.1) is 23.5 Å². The highest BCUT2D eigenvalue weighted by Crippen LogP contribution is 2.28. The van der Waals surface area contributed by atoms with Gasteiger partial charge in [0.1, 0.15) is 18.1 Å². The maximum absolute atomic E-state index is 12.5. The van der Waals surface area contributed by atoms with Crippen molar-refractivity contribution in [2.45, 2.75) is 13.2 Å². The van der Waals surface area contributed by atoms with Crippen LogP contribution >= 0.6 is 39.1 Å². The van der Waals surface area contributed by atoms with Gasteiger partial charge in [-0.1, -0.05) is 57.3 Å². The van der Waals surface area contributed by atoms with Crippen LogP contribution in [0.4, 0.5) is 5.69 Å². The summed E-state index contributed by atoms with van der Waals surface area (Å²) in [5, 5.41) is 8.17. The van der Waals surface area contributed by atoms with Crippen molar-refractivity contribution in [1.82, 2.24) is 9.78 Å². The molecular formula is C22H16BrCl2N3O3. The lowest BCUT2D eigenvalue weighted by Gasteiger charge is -2.06. The van der Waals surface area contributed by atoms with Gasteiger partial charge in [-0.3, -0.25) is 9.48 Å². The molecule has 31 heavy (non-hydrogen) atoms. The predicted octanol–water partition coefficient (Wildman–Crippen LogP) is 6.43. The molecular weight excluding hydrogens is 505 g/mol. The summed E-state index contributed by atoms with van der Waals surface area (Å²) in [6, 6.07) is 16.1. The molecule has 4 aromatic rings. The maximum Gasteiger partial charge on any atom is 0.291 e. The first-order valence-electron chi connectivity index (χ1n) is 9.22. The van der Waals surface area contributed by atoms with Crippen LogP contribution in [0, 0.1) is 0 Å². The van der Waals surface area contributed by atoms with E-state index in [0.717, 1.165) is 10.0 Å². The topological polar surface area (TPSA) is 69.3 Å². The minimum Gasteiger partial charge on any atom is -0.484 e. The van der Waals surface area contributed by atoms with Crippen molar-refractivity contribution in [3.8, 4) is 5.75 Å². The average molecular weight is 521 g/mol. The van der Waals surface area contributed by atoms with Gasteiger partial charge in [0, 0.05) is 15.7 Å². The van der Waals surface area contributed by atoms with Crippen molar-refractivity contribution >= 4 is 50.7 Å². The minimum absolute atomic E-state index is 0.143. The zero-order valence-corrected chi connectivity index (χ0v) is 19.1. The molecule has 4 rings (SSSR count). The van der Waals surface area contributed by atoms with Gasteiger partial charge in [0.15, 0.2) is 5.76 Å². The van der Waals surface area contributed by atoms with Gasteiger partial charge in [-0.05, 0) is 42.0 Å². The summed E-state index contributed by atoms with van der Waals surface area (Å²) in [6.07, 6.45) is 3.29. The molecule has 0 saturated carbocycles. The highest BCUT2D eigenvalue weighted by Gasteiger charge is 2.14. The summed E-state index contributed by atoms with van der Waals surface area (Å²) in [5.41, 5.74) is 1.49. The van der Waals surface area contributed by atoms with Gasteiger partial charge < -0.3 is 14.5 Å². The number of halogens is 3. The number of aromatic nitrogens is 2. The number of hydrogen-bond acceptors (Lipinski definition) is 4. The molecule has 2 aromatic carbocycles. The van der Waals surface area contributed by atoms with Crippen LogP contribution in [0.2, 0.25) is 10.0 Å². The Morgan fingerprint density at radius 3 is 2.77 bits per heavy atom. The number of rotatable bonds is 7. The molecule has 0 spiro atoms. The molecule has 2 heterocycles. The summed E-state index contributed by atoms with van der Waals surface area (Å²) in [5.74, 6) is 0.807. The monoisotopic (exact) mass is 519 g/mol. The van der Waals surface area contributed by atoms with E-state index >= 15 is 0 Å². The second-order valence-corrected chi connectivity index (χ2v) is 8.33. The summed E-state index contributed by atoms with van der Waals surface area (Å²) in [7, 11) is 0. The number of benzene rings is 2. The molecule has 0 bridgehead atoms. The van der Waals surface area contributed by atoms with E-state index in [1.54, 1.807) is 41.3 Å². The second kappa shape index (κ2) is 9.60. The van der Waals surface area contributed by atoms with Gasteiger partial charge in [-0.2, -0.15) is 5.10 Å². The standard InChI is InChI=1S/C22H16BrCl2N3O3/c23-15-5-7-20(19(25)9-15)30-13-17-6-8-21(31-17)22(29)27-16-10-26-28(12-16)11-14-3-1-2-4-18(14)24/h1-10,12H,11,13H2,(H,27,29). The molecule has 0 unspecified atom stereocenters. The van der Waals surface area contributed by atoms with E-state index in [1.165, 1.54) is 0 Å². The summed E-state index contributed by atoms with van der Waals surface area (Å²) < 4.78 is 13.8. The fourth-order valence-corrected chi connectivity index (χ4v) is 3.75. The lowest BCUT2D eigenvalue weighted by atomic mass is 10.2. The highest BCUT2D eigenvalue weighted by atomic mass is 79.9. The smallest absolute Gasteiger partial charge is 0.291 e. The zero-order valence-electron chi connectivity index (χ0n) is 16.0. The predicted molar refractivity (Wildman–Crippen MR) is 123 cm³/mol. The summed E-state index contributed by atoms with van der Waals surface area (Å²) >= 11 is 15.7. The third kappa shape index (κ3) is 5.50. The van der Waals surface area contributed by atoms with E-state index in [9.17, 15) is 4.79 Å². The first kappa shape index (κ1) is 21.5. The molecule has 0 atom stereocenters. The Balaban J connectivity index is 1.35. The van der Waals surface area contributed by atoms with Crippen LogP contribution in [0.1, 0.15) is 21.9 Å². The summed E-state index contributed by atoms with van der Waals surface area (Å²) in [6.45, 7) is 0.640. The number of anilines is 1. The van der Waals surface area contributed by atoms with Gasteiger partial charge in [0.2, 0.25) is 0 Å². The third-order valence-electron chi connectivity index (χ3n) is 4.33. The van der Waals surface area contributed by atoms with Crippen molar-refractivity contribution < 1.29 is 13.9 Å². The Labute approximate surface area is 196 Å². The molecule has 0 saturated heterocycles. The zero-order chi connectivity index (χ0) is 21.8. The van der Waals surface area contributed by atoms with Crippen molar-refractivity contribution in [3.05, 3.63) is 98.6 Å². The van der Waals surface area contributed by atoms with Crippen LogP contribution < -0.4 is 10.1 Å². The van der Waals surface area contributed by atoms with Gasteiger partial charge >= 0.3 is 0 Å². The molecule has 9 heteroatoms. The fraction of sp³-hybridized carbons (Fsp3) is 0.0909. The molecule has 0 radical (unpaired) electrons. The van der Waals surface area contributed by atoms with Gasteiger partial charge in [-0.25, -0.2) is 0 Å². The first-order valence-corrected chi connectivity index (χ1v) is 10.8. The fourth-order valence-electron chi connectivity index (χ4n) is 2.83. The number of ether oxygens (including phenoxy) is 1. The molecule has 1 amide bonds. The van der Waals surface area contributed by atoms with E-state index in [2.05, 4.69) is 26.3 Å². The van der Waals surface area contributed by atoms with E-state index in [-0.39, 0.29) is 18.3 Å². The molecule has 0 aliphatic heterocycles. The second-order valence-electron chi connectivity index (χ2n) is 6.60. The quantitative estimate of drug-likeness (QED) is 0.305. The number of nitrogens with zero attached hydrogens (tertiary/aromatic N) is 2. The maximum atomic E-state index is 12.5. The van der Waals surface area contributed by atoms with Crippen LogP contribution in [0.15, 0.2) is 75.9 Å². The van der Waals surface area contributed by atoms with E-state index in [0.29, 0.717) is 33.8 Å². The van der Waals surface area contributed by atoms with Crippen LogP contribution in [-0.2, 0) is 13.2 Å². The minimum atomic E-state index is -0.384. The van der Waals surface area contributed by atoms with Gasteiger partial charge in [-0.15, -0.1) is 0 Å². The van der Waals surface area contributed by atoms with Crippen LogP contribution in [0.5, 0.6) is 5.75 Å². The normalized spacial score (nSPS) is 10.8. The average Bonchev–Trinajstić information content (AvgIpc) is 3.39. The molecule has 0 aliphatic rings. The van der Waals surface area contributed by atoms with E-state index in [4.69, 9.17) is 32.4 Å².